The molecule has 0 aromatic rings. The Balaban J connectivity index is 1.63. The summed E-state index contributed by atoms with van der Waals surface area (Å²) in [6.45, 7) is 4.48. The van der Waals surface area contributed by atoms with Crippen LogP contribution in [-0.2, 0) is 4.79 Å². The second-order valence-electron chi connectivity index (χ2n) is 9.14. The van der Waals surface area contributed by atoms with E-state index < -0.39 is 5.92 Å². The lowest BCUT2D eigenvalue weighted by Gasteiger charge is -2.60. The van der Waals surface area contributed by atoms with Crippen LogP contribution in [0, 0.1) is 34.5 Å². The van der Waals surface area contributed by atoms with Crippen molar-refractivity contribution in [3.8, 4) is 0 Å². The predicted octanol–water partition coefficient (Wildman–Crippen LogP) is 5.23. The van der Waals surface area contributed by atoms with Crippen molar-refractivity contribution < 1.29 is 13.6 Å². The molecule has 6 atom stereocenters. The average Bonchev–Trinajstić information content (AvgIpc) is 2.76. The molecular formula is C19H28F2O. The van der Waals surface area contributed by atoms with Gasteiger partial charge in [-0.15, -0.1) is 0 Å². The first-order valence-electron chi connectivity index (χ1n) is 9.17. The molecule has 0 radical (unpaired) electrons. The minimum Gasteiger partial charge on any atom is -0.299 e. The molecule has 0 heterocycles. The molecule has 0 amide bonds. The molecule has 0 N–H and O–H groups in total. The Labute approximate surface area is 132 Å². The molecule has 124 valence electrons. The SMILES string of the molecule is C[C@@]12CCC(F)(F)C[C@@H]1CC[C@H]1[C@H]2CC[C@]2(C)C(=O)CC[C@@H]12. The van der Waals surface area contributed by atoms with Gasteiger partial charge in [-0.1, -0.05) is 13.8 Å². The van der Waals surface area contributed by atoms with Crippen molar-refractivity contribution in [2.75, 3.05) is 0 Å². The highest BCUT2D eigenvalue weighted by atomic mass is 19.3. The van der Waals surface area contributed by atoms with Crippen molar-refractivity contribution in [1.82, 2.24) is 0 Å². The molecule has 4 aliphatic carbocycles. The van der Waals surface area contributed by atoms with Gasteiger partial charge >= 0.3 is 0 Å². The molecule has 22 heavy (non-hydrogen) atoms. The van der Waals surface area contributed by atoms with E-state index in [0.29, 0.717) is 30.0 Å². The summed E-state index contributed by atoms with van der Waals surface area (Å²) < 4.78 is 27.7. The van der Waals surface area contributed by atoms with Crippen LogP contribution in [0.1, 0.15) is 71.6 Å². The van der Waals surface area contributed by atoms with Crippen LogP contribution in [0.25, 0.3) is 0 Å². The van der Waals surface area contributed by atoms with Crippen molar-refractivity contribution in [3.63, 3.8) is 0 Å². The van der Waals surface area contributed by atoms with Crippen molar-refractivity contribution in [2.45, 2.75) is 77.6 Å². The molecule has 4 rings (SSSR count). The highest BCUT2D eigenvalue weighted by molar-refractivity contribution is 5.87. The van der Waals surface area contributed by atoms with E-state index >= 15 is 0 Å². The Morgan fingerprint density at radius 2 is 1.73 bits per heavy atom. The molecule has 4 saturated carbocycles. The number of ketones is 1. The van der Waals surface area contributed by atoms with Gasteiger partial charge in [0, 0.05) is 24.7 Å². The van der Waals surface area contributed by atoms with Crippen molar-refractivity contribution in [1.29, 1.82) is 0 Å². The number of Topliss-reactive ketones (excluding diaryl/α,β-unsaturated/α-hetero) is 1. The van der Waals surface area contributed by atoms with E-state index in [4.69, 9.17) is 0 Å². The molecule has 4 aliphatic rings. The lowest BCUT2D eigenvalue weighted by Crippen LogP contribution is -2.54. The molecule has 1 nitrogen and oxygen atoms in total. The third kappa shape index (κ3) is 1.89. The van der Waals surface area contributed by atoms with Crippen LogP contribution in [-0.4, -0.2) is 11.7 Å². The maximum absolute atomic E-state index is 13.9. The van der Waals surface area contributed by atoms with Gasteiger partial charge in [0.25, 0.3) is 0 Å². The van der Waals surface area contributed by atoms with Gasteiger partial charge in [-0.25, -0.2) is 8.78 Å². The highest BCUT2D eigenvalue weighted by Gasteiger charge is 2.61. The molecule has 3 heteroatoms. The predicted molar refractivity (Wildman–Crippen MR) is 81.7 cm³/mol. The zero-order valence-corrected chi connectivity index (χ0v) is 13.8. The summed E-state index contributed by atoms with van der Waals surface area (Å²) in [4.78, 5) is 12.4. The highest BCUT2D eigenvalue weighted by Crippen LogP contribution is 2.66. The summed E-state index contributed by atoms with van der Waals surface area (Å²) in [7, 11) is 0. The smallest absolute Gasteiger partial charge is 0.248 e. The lowest BCUT2D eigenvalue weighted by molar-refractivity contribution is -0.163. The summed E-state index contributed by atoms with van der Waals surface area (Å²) >= 11 is 0. The Morgan fingerprint density at radius 3 is 2.50 bits per heavy atom. The van der Waals surface area contributed by atoms with E-state index in [9.17, 15) is 13.6 Å². The number of carbonyl (C=O) groups is 1. The second-order valence-corrected chi connectivity index (χ2v) is 9.14. The number of rotatable bonds is 0. The Kier molecular flexibility index (Phi) is 3.11. The summed E-state index contributed by atoms with van der Waals surface area (Å²) in [6, 6.07) is 0. The summed E-state index contributed by atoms with van der Waals surface area (Å²) in [5.41, 5.74) is 0.000528. The maximum Gasteiger partial charge on any atom is 0.248 e. The number of hydrogen-bond acceptors (Lipinski definition) is 1. The zero-order chi connectivity index (χ0) is 15.8. The fourth-order valence-electron chi connectivity index (χ4n) is 6.95. The fourth-order valence-corrected chi connectivity index (χ4v) is 6.95. The largest absolute Gasteiger partial charge is 0.299 e. The maximum atomic E-state index is 13.9. The molecule has 0 bridgehead atoms. The van der Waals surface area contributed by atoms with Gasteiger partial charge in [0.2, 0.25) is 5.92 Å². The minimum absolute atomic E-state index is 0.0735. The molecule has 0 aromatic carbocycles. The van der Waals surface area contributed by atoms with E-state index in [1.807, 2.05) is 0 Å². The van der Waals surface area contributed by atoms with Crippen LogP contribution in [0.4, 0.5) is 8.78 Å². The van der Waals surface area contributed by atoms with Gasteiger partial charge in [-0.05, 0) is 67.6 Å². The zero-order valence-electron chi connectivity index (χ0n) is 13.8. The topological polar surface area (TPSA) is 17.1 Å². The van der Waals surface area contributed by atoms with Crippen LogP contribution < -0.4 is 0 Å². The lowest BCUT2D eigenvalue weighted by atomic mass is 9.45. The standard InChI is InChI=1S/C19H28F2O/c1-17-9-10-19(20,21)11-12(17)3-4-13-14-5-6-16(22)18(14,2)8-7-15(13)17/h12-15H,3-11H2,1-2H3/t12-,13+,14-,15+,17+,18-/m0/s1. The van der Waals surface area contributed by atoms with E-state index in [1.54, 1.807) is 0 Å². The van der Waals surface area contributed by atoms with Crippen LogP contribution in [0.2, 0.25) is 0 Å². The van der Waals surface area contributed by atoms with Crippen LogP contribution >= 0.6 is 0 Å². The fraction of sp³-hybridized carbons (Fsp3) is 0.947. The number of hydrogen-bond donors (Lipinski definition) is 0. The first-order valence-corrected chi connectivity index (χ1v) is 9.17. The molecule has 0 unspecified atom stereocenters. The van der Waals surface area contributed by atoms with Gasteiger partial charge in [0.15, 0.2) is 0 Å². The van der Waals surface area contributed by atoms with Crippen LogP contribution in [0.5, 0.6) is 0 Å². The third-order valence-corrected chi connectivity index (χ3v) is 8.35. The molecular weight excluding hydrogens is 282 g/mol. The number of halogens is 2. The Bertz CT molecular complexity index is 502. The number of fused-ring (bicyclic) bond motifs is 5. The summed E-state index contributed by atoms with van der Waals surface area (Å²) in [5, 5.41) is 0. The summed E-state index contributed by atoms with van der Waals surface area (Å²) in [5.74, 6) is -0.0652. The Hall–Kier alpha value is -0.470. The van der Waals surface area contributed by atoms with Crippen molar-refractivity contribution >= 4 is 5.78 Å². The molecule has 0 saturated heterocycles. The van der Waals surface area contributed by atoms with Crippen LogP contribution in [0.3, 0.4) is 0 Å². The van der Waals surface area contributed by atoms with Crippen molar-refractivity contribution in [2.24, 2.45) is 34.5 Å². The molecule has 4 fully saturated rings. The minimum atomic E-state index is -2.44. The monoisotopic (exact) mass is 310 g/mol. The van der Waals surface area contributed by atoms with Gasteiger partial charge < -0.3 is 0 Å². The summed E-state index contributed by atoms with van der Waals surface area (Å²) in [6.07, 6.45) is 6.78. The first-order chi connectivity index (χ1) is 10.3. The van der Waals surface area contributed by atoms with E-state index in [0.717, 1.165) is 38.5 Å². The molecule has 0 aliphatic heterocycles. The first kappa shape index (κ1) is 15.1. The Morgan fingerprint density at radius 1 is 0.955 bits per heavy atom. The van der Waals surface area contributed by atoms with E-state index in [2.05, 4.69) is 13.8 Å². The quantitative estimate of drug-likeness (QED) is 0.598. The number of alkyl halides is 2. The second kappa shape index (κ2) is 4.54. The van der Waals surface area contributed by atoms with Gasteiger partial charge in [-0.2, -0.15) is 0 Å². The van der Waals surface area contributed by atoms with Crippen molar-refractivity contribution in [3.05, 3.63) is 0 Å². The van der Waals surface area contributed by atoms with Gasteiger partial charge in [-0.3, -0.25) is 4.79 Å². The van der Waals surface area contributed by atoms with Gasteiger partial charge in [0.1, 0.15) is 5.78 Å². The van der Waals surface area contributed by atoms with Gasteiger partial charge in [0.05, 0.1) is 0 Å². The number of carbonyl (C=O) groups excluding carboxylic acids is 1. The molecule has 0 aromatic heterocycles. The van der Waals surface area contributed by atoms with Crippen LogP contribution in [0.15, 0.2) is 0 Å². The van der Waals surface area contributed by atoms with E-state index in [-0.39, 0.29) is 29.6 Å². The normalized spacial score (nSPS) is 53.5. The third-order valence-electron chi connectivity index (χ3n) is 8.35. The molecule has 0 spiro atoms. The van der Waals surface area contributed by atoms with E-state index in [1.165, 1.54) is 0 Å². The average molecular weight is 310 g/mol.